The number of hydrogen-bond donors (Lipinski definition) is 4. The van der Waals surface area contributed by atoms with Crippen molar-refractivity contribution in [3.8, 4) is 5.75 Å². The van der Waals surface area contributed by atoms with Gasteiger partial charge in [0.05, 0.1) is 18.0 Å². The molecule has 4 N–H and O–H groups in total. The maximum atomic E-state index is 15.0. The summed E-state index contributed by atoms with van der Waals surface area (Å²) >= 11 is 0. The van der Waals surface area contributed by atoms with Crippen molar-refractivity contribution in [3.05, 3.63) is 64.5 Å². The summed E-state index contributed by atoms with van der Waals surface area (Å²) in [5, 5.41) is 25.2. The van der Waals surface area contributed by atoms with Crippen LogP contribution in [0.25, 0.3) is 0 Å². The lowest BCUT2D eigenvalue weighted by molar-refractivity contribution is -0.151. The molecule has 0 radical (unpaired) electrons. The van der Waals surface area contributed by atoms with Crippen LogP contribution in [0.3, 0.4) is 0 Å². The SMILES string of the molecule is Cc1cc(O)c(C)c(C(=O)N[C@@H](Cc2cccc(F)c2)[C@H](O)C(=O)N2CC(F)(F)C(C)(C)C2C(=O)NCC(F)(F)F)c1. The second-order valence-corrected chi connectivity index (χ2v) is 10.9. The van der Waals surface area contributed by atoms with Gasteiger partial charge in [0.25, 0.3) is 17.7 Å². The average molecular weight is 604 g/mol. The number of rotatable bonds is 8. The molecule has 0 spiro atoms. The maximum absolute atomic E-state index is 15.0. The number of aliphatic hydroxyl groups excluding tert-OH is 1. The molecule has 3 amide bonds. The Morgan fingerprint density at radius 2 is 1.76 bits per heavy atom. The monoisotopic (exact) mass is 603 g/mol. The van der Waals surface area contributed by atoms with Gasteiger partial charge in [-0.1, -0.05) is 26.0 Å². The fraction of sp³-hybridized carbons (Fsp3) is 0.464. The van der Waals surface area contributed by atoms with E-state index >= 15 is 8.78 Å². The highest BCUT2D eigenvalue weighted by Gasteiger charge is 2.64. The number of aliphatic hydroxyl groups is 1. The normalized spacial score (nSPS) is 19.2. The number of carbonyl (C=O) groups excluding carboxylic acids is 3. The molecule has 0 aromatic heterocycles. The average Bonchev–Trinajstić information content (AvgIpc) is 3.06. The number of likely N-dealkylation sites (tertiary alicyclic amines) is 1. The fourth-order valence-corrected chi connectivity index (χ4v) is 4.88. The summed E-state index contributed by atoms with van der Waals surface area (Å²) in [6.07, 6.45) is -7.54. The van der Waals surface area contributed by atoms with Crippen molar-refractivity contribution in [1.29, 1.82) is 0 Å². The Morgan fingerprint density at radius 1 is 1.12 bits per heavy atom. The quantitative estimate of drug-likeness (QED) is 0.345. The van der Waals surface area contributed by atoms with Crippen molar-refractivity contribution in [2.45, 2.75) is 64.4 Å². The lowest BCUT2D eigenvalue weighted by atomic mass is 9.81. The molecule has 1 heterocycles. The maximum Gasteiger partial charge on any atom is 0.405 e. The van der Waals surface area contributed by atoms with Crippen LogP contribution in [0.2, 0.25) is 0 Å². The minimum absolute atomic E-state index is 0.0327. The van der Waals surface area contributed by atoms with Gasteiger partial charge in [0.2, 0.25) is 5.91 Å². The van der Waals surface area contributed by atoms with Gasteiger partial charge in [-0.25, -0.2) is 13.2 Å². The van der Waals surface area contributed by atoms with Gasteiger partial charge in [0.1, 0.15) is 24.2 Å². The fourth-order valence-electron chi connectivity index (χ4n) is 4.88. The smallest absolute Gasteiger partial charge is 0.405 e. The van der Waals surface area contributed by atoms with Crippen molar-refractivity contribution >= 4 is 17.7 Å². The van der Waals surface area contributed by atoms with E-state index in [1.807, 2.05) is 0 Å². The molecule has 1 fully saturated rings. The third-order valence-corrected chi connectivity index (χ3v) is 7.37. The zero-order chi connectivity index (χ0) is 31.8. The summed E-state index contributed by atoms with van der Waals surface area (Å²) in [7, 11) is 0. The van der Waals surface area contributed by atoms with E-state index < -0.39 is 72.3 Å². The highest BCUT2D eigenvalue weighted by molar-refractivity contribution is 5.97. The van der Waals surface area contributed by atoms with Gasteiger partial charge in [-0.05, 0) is 55.7 Å². The van der Waals surface area contributed by atoms with Crippen LogP contribution in [-0.4, -0.2) is 76.2 Å². The summed E-state index contributed by atoms with van der Waals surface area (Å²) in [6, 6.07) is 4.05. The molecule has 3 atom stereocenters. The first-order valence-electron chi connectivity index (χ1n) is 12.8. The zero-order valence-electron chi connectivity index (χ0n) is 23.2. The molecule has 1 aliphatic heterocycles. The summed E-state index contributed by atoms with van der Waals surface area (Å²) < 4.78 is 82.2. The number of aromatic hydroxyl groups is 1. The van der Waals surface area contributed by atoms with E-state index in [1.165, 1.54) is 36.5 Å². The van der Waals surface area contributed by atoms with E-state index in [9.17, 15) is 42.2 Å². The Balaban J connectivity index is 1.98. The number of benzene rings is 2. The Hall–Kier alpha value is -3.81. The number of hydrogen-bond acceptors (Lipinski definition) is 5. The Kier molecular flexibility index (Phi) is 9.20. The summed E-state index contributed by atoms with van der Waals surface area (Å²) in [5.74, 6) is -8.48. The van der Waals surface area contributed by atoms with Crippen LogP contribution in [0, 0.1) is 25.1 Å². The Morgan fingerprint density at radius 3 is 2.36 bits per heavy atom. The lowest BCUT2D eigenvalue weighted by Gasteiger charge is -2.34. The van der Waals surface area contributed by atoms with E-state index in [-0.39, 0.29) is 28.9 Å². The molecule has 14 heteroatoms. The molecule has 230 valence electrons. The van der Waals surface area contributed by atoms with E-state index in [0.29, 0.717) is 10.5 Å². The molecule has 8 nitrogen and oxygen atoms in total. The lowest BCUT2D eigenvalue weighted by Crippen LogP contribution is -2.58. The predicted octanol–water partition coefficient (Wildman–Crippen LogP) is 3.40. The number of amides is 3. The van der Waals surface area contributed by atoms with Crippen LogP contribution in [-0.2, 0) is 16.0 Å². The van der Waals surface area contributed by atoms with Gasteiger partial charge in [-0.15, -0.1) is 0 Å². The first-order chi connectivity index (χ1) is 19.2. The molecule has 42 heavy (non-hydrogen) atoms. The molecule has 0 saturated carbocycles. The highest BCUT2D eigenvalue weighted by Crippen LogP contribution is 2.48. The highest BCUT2D eigenvalue weighted by atomic mass is 19.4. The standard InChI is InChI=1S/C28H31F6N3O5/c1-14-8-18(15(2)20(38)9-14)23(40)36-19(11-16-6-5-7-17(29)10-16)21(39)25(42)37-13-27(30,31)26(3,4)22(37)24(41)35-12-28(32,33)34/h5-10,19,21-22,38-39H,11-13H2,1-4H3,(H,35,41)(H,36,40)/t19-,21-,22?/m0/s1. The summed E-state index contributed by atoms with van der Waals surface area (Å²) in [6.45, 7) is 1.61. The van der Waals surface area contributed by atoms with E-state index in [4.69, 9.17) is 0 Å². The number of phenols is 1. The van der Waals surface area contributed by atoms with Gasteiger partial charge in [-0.3, -0.25) is 14.4 Å². The first-order valence-corrected chi connectivity index (χ1v) is 12.8. The van der Waals surface area contributed by atoms with Crippen molar-refractivity contribution in [3.63, 3.8) is 0 Å². The van der Waals surface area contributed by atoms with Crippen LogP contribution in [0.1, 0.15) is 40.9 Å². The molecular formula is C28H31F6N3O5. The molecule has 2 aromatic rings. The van der Waals surface area contributed by atoms with Crippen molar-refractivity contribution < 1.29 is 50.9 Å². The second-order valence-electron chi connectivity index (χ2n) is 10.9. The molecule has 1 aliphatic rings. The predicted molar refractivity (Wildman–Crippen MR) is 138 cm³/mol. The van der Waals surface area contributed by atoms with Gasteiger partial charge >= 0.3 is 6.18 Å². The Labute approximate surface area is 237 Å². The molecule has 3 rings (SSSR count). The minimum atomic E-state index is -4.86. The molecule has 0 bridgehead atoms. The number of phenolic OH excluding ortho intramolecular Hbond substituents is 1. The van der Waals surface area contributed by atoms with E-state index in [0.717, 1.165) is 26.0 Å². The number of carbonyl (C=O) groups is 3. The second kappa shape index (κ2) is 11.8. The van der Waals surface area contributed by atoms with Crippen LogP contribution in [0.4, 0.5) is 26.3 Å². The van der Waals surface area contributed by atoms with Gasteiger partial charge in [0, 0.05) is 11.1 Å². The van der Waals surface area contributed by atoms with Gasteiger partial charge in [0.15, 0.2) is 6.10 Å². The molecule has 0 aliphatic carbocycles. The summed E-state index contributed by atoms with van der Waals surface area (Å²) in [4.78, 5) is 39.8. The number of aryl methyl sites for hydroxylation is 1. The molecule has 1 saturated heterocycles. The van der Waals surface area contributed by atoms with Crippen molar-refractivity contribution in [2.75, 3.05) is 13.1 Å². The van der Waals surface area contributed by atoms with E-state index in [1.54, 1.807) is 6.92 Å². The number of nitrogens with zero attached hydrogens (tertiary/aromatic N) is 1. The van der Waals surface area contributed by atoms with Crippen molar-refractivity contribution in [2.24, 2.45) is 5.41 Å². The zero-order valence-corrected chi connectivity index (χ0v) is 23.2. The van der Waals surface area contributed by atoms with Gasteiger partial charge in [-0.2, -0.15) is 13.2 Å². The van der Waals surface area contributed by atoms with Crippen LogP contribution < -0.4 is 10.6 Å². The summed E-state index contributed by atoms with van der Waals surface area (Å²) in [5.41, 5.74) is -1.52. The number of alkyl halides is 5. The topological polar surface area (TPSA) is 119 Å². The van der Waals surface area contributed by atoms with Crippen LogP contribution in [0.5, 0.6) is 5.75 Å². The first kappa shape index (κ1) is 32.7. The van der Waals surface area contributed by atoms with Gasteiger partial charge < -0.3 is 25.7 Å². The molecule has 1 unspecified atom stereocenters. The minimum Gasteiger partial charge on any atom is -0.508 e. The van der Waals surface area contributed by atoms with E-state index in [2.05, 4.69) is 5.32 Å². The third kappa shape index (κ3) is 6.97. The number of nitrogens with one attached hydrogen (secondary N) is 2. The largest absolute Gasteiger partial charge is 0.508 e. The molecule has 2 aromatic carbocycles. The van der Waals surface area contributed by atoms with Crippen LogP contribution >= 0.6 is 0 Å². The third-order valence-electron chi connectivity index (χ3n) is 7.37. The molecular weight excluding hydrogens is 572 g/mol. The number of halogens is 6. The Bertz CT molecular complexity index is 1360. The van der Waals surface area contributed by atoms with Crippen LogP contribution in [0.15, 0.2) is 36.4 Å². The van der Waals surface area contributed by atoms with Crippen molar-refractivity contribution in [1.82, 2.24) is 15.5 Å².